The summed E-state index contributed by atoms with van der Waals surface area (Å²) in [6.45, 7) is 8.11. The first-order valence-electron chi connectivity index (χ1n) is 4.77. The van der Waals surface area contributed by atoms with Crippen molar-refractivity contribution < 1.29 is 14.3 Å². The number of hydrogen-bond acceptors (Lipinski definition) is 6. The highest BCUT2D eigenvalue weighted by atomic mass is 16.5. The average molecular weight is 246 g/mol. The van der Waals surface area contributed by atoms with Gasteiger partial charge in [-0.25, -0.2) is 5.43 Å². The molecule has 0 bridgehead atoms. The molecule has 0 unspecified atom stereocenters. The van der Waals surface area contributed by atoms with Crippen molar-refractivity contribution in [3.63, 3.8) is 0 Å². The number of nitrogens with two attached hydrogens (primary N) is 1. The molecule has 0 saturated heterocycles. The van der Waals surface area contributed by atoms with Crippen LogP contribution >= 0.6 is 0 Å². The molecular formula is C10H22N4O3. The van der Waals surface area contributed by atoms with E-state index in [1.807, 2.05) is 13.8 Å². The number of hydrazone groups is 2. The van der Waals surface area contributed by atoms with E-state index in [0.29, 0.717) is 0 Å². The fraction of sp³-hybridized carbons (Fsp3) is 0.600. The predicted molar refractivity (Wildman–Crippen MR) is 68.6 cm³/mol. The lowest BCUT2D eigenvalue weighted by atomic mass is 10.5. The number of rotatable bonds is 2. The van der Waals surface area contributed by atoms with Crippen molar-refractivity contribution in [2.45, 2.75) is 34.6 Å². The van der Waals surface area contributed by atoms with Crippen LogP contribution in [0.3, 0.4) is 0 Å². The zero-order valence-corrected chi connectivity index (χ0v) is 11.3. The first kappa shape index (κ1) is 20.5. The summed E-state index contributed by atoms with van der Waals surface area (Å²) in [4.78, 5) is 19.6. The van der Waals surface area contributed by atoms with Crippen LogP contribution in [0.2, 0.25) is 0 Å². The molecule has 0 aliphatic carbocycles. The van der Waals surface area contributed by atoms with E-state index in [1.54, 1.807) is 0 Å². The monoisotopic (exact) mass is 246 g/mol. The average Bonchev–Trinajstić information content (AvgIpc) is 2.16. The van der Waals surface area contributed by atoms with E-state index in [-0.39, 0.29) is 11.7 Å². The SMILES string of the molecule is CC(=O)NN=C(C)C.CC(C)=O.CO/C=N/N. The third-order valence-corrected chi connectivity index (χ3v) is 0.603. The van der Waals surface area contributed by atoms with E-state index in [4.69, 9.17) is 0 Å². The molecule has 0 radical (unpaired) electrons. The van der Waals surface area contributed by atoms with Gasteiger partial charge >= 0.3 is 0 Å². The van der Waals surface area contributed by atoms with E-state index in [1.165, 1.54) is 27.9 Å². The van der Waals surface area contributed by atoms with E-state index in [9.17, 15) is 9.59 Å². The minimum absolute atomic E-state index is 0.133. The van der Waals surface area contributed by atoms with Gasteiger partial charge in [-0.15, -0.1) is 0 Å². The molecule has 0 aliphatic rings. The Hall–Kier alpha value is -1.92. The lowest BCUT2D eigenvalue weighted by Crippen LogP contribution is -2.13. The van der Waals surface area contributed by atoms with Crippen molar-refractivity contribution >= 4 is 23.8 Å². The van der Waals surface area contributed by atoms with Crippen LogP contribution in [-0.4, -0.2) is 30.9 Å². The molecule has 7 nitrogen and oxygen atoms in total. The van der Waals surface area contributed by atoms with Crippen molar-refractivity contribution in [2.24, 2.45) is 16.0 Å². The molecule has 0 atom stereocenters. The summed E-state index contributed by atoms with van der Waals surface area (Å²) < 4.78 is 4.27. The Morgan fingerprint density at radius 2 is 1.59 bits per heavy atom. The molecule has 0 aromatic heterocycles. The Morgan fingerprint density at radius 1 is 1.18 bits per heavy atom. The lowest BCUT2D eigenvalue weighted by molar-refractivity contribution is -0.119. The molecule has 0 rings (SSSR count). The molecule has 0 aromatic rings. The van der Waals surface area contributed by atoms with Crippen LogP contribution in [0.25, 0.3) is 0 Å². The standard InChI is InChI=1S/C5H10N2O.C3H6O.C2H6N2O/c1-4(2)6-7-5(3)8;1-3(2)4;1-5-2-4-3/h1-3H3,(H,7,8);1-2H3;2H,3H2,1H3/b;;4-2+. The highest BCUT2D eigenvalue weighted by Crippen LogP contribution is 1.68. The maximum atomic E-state index is 10.1. The Bertz CT molecular complexity index is 254. The van der Waals surface area contributed by atoms with Gasteiger partial charge in [0.1, 0.15) is 5.78 Å². The molecule has 1 amide bonds. The molecule has 100 valence electrons. The summed E-state index contributed by atoms with van der Waals surface area (Å²) in [6.07, 6.45) is 1.15. The van der Waals surface area contributed by atoms with Crippen molar-refractivity contribution in [1.29, 1.82) is 0 Å². The number of hydrogen-bond donors (Lipinski definition) is 2. The smallest absolute Gasteiger partial charge is 0.236 e. The lowest BCUT2D eigenvalue weighted by Gasteiger charge is -1.90. The highest BCUT2D eigenvalue weighted by Gasteiger charge is 1.82. The maximum absolute atomic E-state index is 10.1. The van der Waals surface area contributed by atoms with Gasteiger partial charge in [-0.2, -0.15) is 10.2 Å². The quantitative estimate of drug-likeness (QED) is 0.323. The Morgan fingerprint density at radius 3 is 1.65 bits per heavy atom. The molecule has 7 heteroatoms. The van der Waals surface area contributed by atoms with Crippen LogP contribution in [0.15, 0.2) is 10.2 Å². The summed E-state index contributed by atoms with van der Waals surface area (Å²) >= 11 is 0. The molecule has 0 fully saturated rings. The summed E-state index contributed by atoms with van der Waals surface area (Å²) in [5, 5.41) is 6.65. The predicted octanol–water partition coefficient (Wildman–Crippen LogP) is 0.648. The zero-order valence-electron chi connectivity index (χ0n) is 11.3. The second-order valence-electron chi connectivity index (χ2n) is 3.13. The maximum Gasteiger partial charge on any atom is 0.236 e. The zero-order chi connectivity index (χ0) is 14.3. The molecule has 0 saturated carbocycles. The number of Topliss-reactive ketones (excluding diaryl/α,β-unsaturated/α-hetero) is 1. The number of nitrogens with zero attached hydrogens (tertiary/aromatic N) is 2. The van der Waals surface area contributed by atoms with Gasteiger partial charge in [-0.1, -0.05) is 0 Å². The van der Waals surface area contributed by atoms with Gasteiger partial charge in [0.05, 0.1) is 7.11 Å². The molecular weight excluding hydrogens is 224 g/mol. The molecule has 17 heavy (non-hydrogen) atoms. The summed E-state index contributed by atoms with van der Waals surface area (Å²) in [5.41, 5.74) is 3.14. The Kier molecular flexibility index (Phi) is 19.9. The Balaban J connectivity index is -0.000000188. The minimum atomic E-state index is -0.133. The van der Waals surface area contributed by atoms with Crippen molar-refractivity contribution in [3.05, 3.63) is 0 Å². The van der Waals surface area contributed by atoms with Gasteiger partial charge in [-0.05, 0) is 27.7 Å². The van der Waals surface area contributed by atoms with E-state index >= 15 is 0 Å². The summed E-state index contributed by atoms with van der Waals surface area (Å²) in [7, 11) is 1.48. The van der Waals surface area contributed by atoms with Crippen LogP contribution in [0.5, 0.6) is 0 Å². The van der Waals surface area contributed by atoms with Gasteiger partial charge in [0.15, 0.2) is 6.40 Å². The van der Waals surface area contributed by atoms with Crippen LogP contribution in [0, 0.1) is 0 Å². The molecule has 0 aliphatic heterocycles. The first-order chi connectivity index (χ1) is 7.77. The van der Waals surface area contributed by atoms with E-state index in [0.717, 1.165) is 12.1 Å². The fourth-order valence-electron chi connectivity index (χ4n) is 0.251. The van der Waals surface area contributed by atoms with Crippen LogP contribution in [0.4, 0.5) is 0 Å². The van der Waals surface area contributed by atoms with E-state index < -0.39 is 0 Å². The number of carbonyl (C=O) groups is 2. The van der Waals surface area contributed by atoms with Gasteiger partial charge in [0.2, 0.25) is 5.91 Å². The van der Waals surface area contributed by atoms with Gasteiger partial charge < -0.3 is 15.4 Å². The first-order valence-corrected chi connectivity index (χ1v) is 4.77. The van der Waals surface area contributed by atoms with E-state index in [2.05, 4.69) is 26.2 Å². The normalized spacial score (nSPS) is 7.88. The topological polar surface area (TPSA) is 106 Å². The van der Waals surface area contributed by atoms with Crippen molar-refractivity contribution in [3.8, 4) is 0 Å². The third kappa shape index (κ3) is 79.6. The highest BCUT2D eigenvalue weighted by molar-refractivity contribution is 5.81. The fourth-order valence-corrected chi connectivity index (χ4v) is 0.251. The summed E-state index contributed by atoms with van der Waals surface area (Å²) in [5.74, 6) is 4.62. The van der Waals surface area contributed by atoms with Crippen LogP contribution in [0.1, 0.15) is 34.6 Å². The molecule has 0 aromatic carbocycles. The van der Waals surface area contributed by atoms with Crippen LogP contribution in [-0.2, 0) is 14.3 Å². The number of ketones is 1. The van der Waals surface area contributed by atoms with Gasteiger partial charge in [0, 0.05) is 12.6 Å². The second kappa shape index (κ2) is 16.5. The van der Waals surface area contributed by atoms with Crippen molar-refractivity contribution in [2.75, 3.05) is 7.11 Å². The largest absolute Gasteiger partial charge is 0.485 e. The number of nitrogens with one attached hydrogen (secondary N) is 1. The summed E-state index contributed by atoms with van der Waals surface area (Å²) in [6, 6.07) is 0. The van der Waals surface area contributed by atoms with Gasteiger partial charge in [0.25, 0.3) is 0 Å². The number of methoxy groups -OCH3 is 1. The second-order valence-corrected chi connectivity index (χ2v) is 3.13. The third-order valence-electron chi connectivity index (χ3n) is 0.603. The number of amides is 1. The number of ether oxygens (including phenoxy) is 1. The Labute approximate surface area is 102 Å². The molecule has 0 spiro atoms. The number of carbonyl (C=O) groups excluding carboxylic acids is 2. The van der Waals surface area contributed by atoms with Crippen LogP contribution < -0.4 is 11.3 Å². The van der Waals surface area contributed by atoms with Crippen molar-refractivity contribution in [1.82, 2.24) is 5.43 Å². The minimum Gasteiger partial charge on any atom is -0.485 e. The molecule has 0 heterocycles. The van der Waals surface area contributed by atoms with Gasteiger partial charge in [-0.3, -0.25) is 4.79 Å². The molecule has 3 N–H and O–H groups in total.